The van der Waals surface area contributed by atoms with Gasteiger partial charge >= 0.3 is 5.97 Å². The third-order valence-corrected chi connectivity index (χ3v) is 1.48. The number of pyridine rings is 1. The van der Waals surface area contributed by atoms with Gasteiger partial charge in [-0.2, -0.15) is 0 Å². The molecule has 0 aliphatic rings. The summed E-state index contributed by atoms with van der Waals surface area (Å²) in [6, 6.07) is 1.50. The van der Waals surface area contributed by atoms with E-state index in [2.05, 4.69) is 22.1 Å². The standard InChI is InChI=1S/C10H10N2O2/c1-11-4-2-3-8-5-9(10(13)14)7-12-6-8/h5-7,11H,4H2,1H3,(H,13,14). The molecule has 0 atom stereocenters. The lowest BCUT2D eigenvalue weighted by Crippen LogP contribution is -2.04. The Bertz CT molecular complexity index is 391. The minimum absolute atomic E-state index is 0.154. The lowest BCUT2D eigenvalue weighted by atomic mass is 10.2. The number of carboxylic acid groups (broad SMARTS) is 1. The lowest BCUT2D eigenvalue weighted by Gasteiger charge is -1.93. The summed E-state index contributed by atoms with van der Waals surface area (Å²) in [4.78, 5) is 14.4. The van der Waals surface area contributed by atoms with E-state index in [1.54, 1.807) is 7.05 Å². The minimum atomic E-state index is -0.991. The Labute approximate surface area is 82.0 Å². The van der Waals surface area contributed by atoms with Crippen molar-refractivity contribution in [2.24, 2.45) is 0 Å². The molecule has 0 unspecified atom stereocenters. The molecule has 0 aliphatic carbocycles. The summed E-state index contributed by atoms with van der Waals surface area (Å²) in [6.07, 6.45) is 2.83. The van der Waals surface area contributed by atoms with Crippen LogP contribution in [0.25, 0.3) is 0 Å². The Hall–Kier alpha value is -1.86. The number of rotatable bonds is 2. The summed E-state index contributed by atoms with van der Waals surface area (Å²) in [5, 5.41) is 11.5. The van der Waals surface area contributed by atoms with Crippen LogP contribution in [0.1, 0.15) is 15.9 Å². The Kier molecular flexibility index (Phi) is 3.65. The van der Waals surface area contributed by atoms with Crippen molar-refractivity contribution in [2.75, 3.05) is 13.6 Å². The molecule has 0 fully saturated rings. The van der Waals surface area contributed by atoms with Crippen LogP contribution in [0.4, 0.5) is 0 Å². The summed E-state index contributed by atoms with van der Waals surface area (Å²) in [6.45, 7) is 0.567. The van der Waals surface area contributed by atoms with Crippen molar-refractivity contribution in [3.63, 3.8) is 0 Å². The van der Waals surface area contributed by atoms with Crippen LogP contribution in [0.3, 0.4) is 0 Å². The van der Waals surface area contributed by atoms with Gasteiger partial charge in [0.2, 0.25) is 0 Å². The van der Waals surface area contributed by atoms with Crippen LogP contribution in [0.15, 0.2) is 18.5 Å². The van der Waals surface area contributed by atoms with Crippen LogP contribution in [0.2, 0.25) is 0 Å². The zero-order valence-corrected chi connectivity index (χ0v) is 7.74. The molecule has 1 aromatic heterocycles. The number of aromatic carboxylic acids is 1. The molecule has 1 aromatic rings. The quantitative estimate of drug-likeness (QED) is 0.660. The Morgan fingerprint density at radius 1 is 1.64 bits per heavy atom. The molecule has 0 aliphatic heterocycles. The van der Waals surface area contributed by atoms with Crippen LogP contribution in [0.5, 0.6) is 0 Å². The van der Waals surface area contributed by atoms with Crippen LogP contribution < -0.4 is 5.32 Å². The largest absolute Gasteiger partial charge is 0.478 e. The van der Waals surface area contributed by atoms with E-state index in [1.165, 1.54) is 18.5 Å². The van der Waals surface area contributed by atoms with Gasteiger partial charge in [-0.1, -0.05) is 11.8 Å². The topological polar surface area (TPSA) is 62.2 Å². The van der Waals surface area contributed by atoms with Crippen molar-refractivity contribution >= 4 is 5.97 Å². The zero-order valence-electron chi connectivity index (χ0n) is 7.74. The SMILES string of the molecule is CNCC#Cc1cncc(C(=O)O)c1. The maximum absolute atomic E-state index is 10.6. The van der Waals surface area contributed by atoms with Crippen molar-refractivity contribution in [3.05, 3.63) is 29.6 Å². The highest BCUT2D eigenvalue weighted by Crippen LogP contribution is 2.00. The van der Waals surface area contributed by atoms with Gasteiger partial charge in [-0.25, -0.2) is 4.79 Å². The molecule has 4 heteroatoms. The van der Waals surface area contributed by atoms with Gasteiger partial charge in [0.15, 0.2) is 0 Å². The average Bonchev–Trinajstić information content (AvgIpc) is 2.19. The summed E-state index contributed by atoms with van der Waals surface area (Å²) >= 11 is 0. The Balaban J connectivity index is 2.85. The second-order valence-corrected chi connectivity index (χ2v) is 2.60. The highest BCUT2D eigenvalue weighted by molar-refractivity contribution is 5.87. The summed E-state index contributed by atoms with van der Waals surface area (Å²) in [7, 11) is 1.79. The fourth-order valence-electron chi connectivity index (χ4n) is 0.860. The molecule has 0 amide bonds. The number of hydrogen-bond donors (Lipinski definition) is 2. The van der Waals surface area contributed by atoms with Gasteiger partial charge in [-0.3, -0.25) is 4.98 Å². The first kappa shape index (κ1) is 10.2. The number of carbonyl (C=O) groups is 1. The maximum atomic E-state index is 10.6. The van der Waals surface area contributed by atoms with E-state index in [9.17, 15) is 4.79 Å². The smallest absolute Gasteiger partial charge is 0.337 e. The molecule has 0 bridgehead atoms. The molecule has 1 rings (SSSR count). The fraction of sp³-hybridized carbons (Fsp3) is 0.200. The molecule has 72 valence electrons. The predicted octanol–water partition coefficient (Wildman–Crippen LogP) is 0.351. The molecule has 14 heavy (non-hydrogen) atoms. The van der Waals surface area contributed by atoms with Gasteiger partial charge in [0, 0.05) is 18.0 Å². The van der Waals surface area contributed by atoms with Crippen molar-refractivity contribution in [3.8, 4) is 11.8 Å². The van der Waals surface area contributed by atoms with E-state index in [-0.39, 0.29) is 5.56 Å². The number of aromatic nitrogens is 1. The zero-order chi connectivity index (χ0) is 10.4. The Morgan fingerprint density at radius 3 is 3.07 bits per heavy atom. The highest BCUT2D eigenvalue weighted by atomic mass is 16.4. The molecule has 0 aromatic carbocycles. The van der Waals surface area contributed by atoms with Crippen molar-refractivity contribution in [1.82, 2.24) is 10.3 Å². The van der Waals surface area contributed by atoms with Crippen LogP contribution in [-0.4, -0.2) is 29.7 Å². The maximum Gasteiger partial charge on any atom is 0.337 e. The molecular weight excluding hydrogens is 180 g/mol. The second kappa shape index (κ2) is 5.00. The van der Waals surface area contributed by atoms with Crippen LogP contribution in [0, 0.1) is 11.8 Å². The molecule has 4 nitrogen and oxygen atoms in total. The van der Waals surface area contributed by atoms with Crippen LogP contribution in [-0.2, 0) is 0 Å². The van der Waals surface area contributed by atoms with Gasteiger partial charge in [0.25, 0.3) is 0 Å². The minimum Gasteiger partial charge on any atom is -0.478 e. The van der Waals surface area contributed by atoms with Gasteiger partial charge in [-0.05, 0) is 13.1 Å². The summed E-state index contributed by atoms with van der Waals surface area (Å²) in [5.41, 5.74) is 0.765. The predicted molar refractivity (Wildman–Crippen MR) is 52.0 cm³/mol. The molecule has 0 saturated carbocycles. The third kappa shape index (κ3) is 2.88. The number of nitrogens with zero attached hydrogens (tertiary/aromatic N) is 1. The molecule has 0 saturated heterocycles. The van der Waals surface area contributed by atoms with E-state index in [0.717, 1.165) is 0 Å². The summed E-state index contributed by atoms with van der Waals surface area (Å²) < 4.78 is 0. The van der Waals surface area contributed by atoms with E-state index in [1.807, 2.05) is 0 Å². The van der Waals surface area contributed by atoms with Gasteiger partial charge < -0.3 is 10.4 Å². The van der Waals surface area contributed by atoms with Gasteiger partial charge in [0.05, 0.1) is 12.1 Å². The number of carboxylic acids is 1. The van der Waals surface area contributed by atoms with Gasteiger partial charge in [-0.15, -0.1) is 0 Å². The first-order valence-electron chi connectivity index (χ1n) is 4.06. The van der Waals surface area contributed by atoms with Gasteiger partial charge in [0.1, 0.15) is 0 Å². The van der Waals surface area contributed by atoms with E-state index >= 15 is 0 Å². The van der Waals surface area contributed by atoms with Crippen molar-refractivity contribution in [2.45, 2.75) is 0 Å². The summed E-state index contributed by atoms with van der Waals surface area (Å²) in [5.74, 6) is 4.63. The number of hydrogen-bond acceptors (Lipinski definition) is 3. The molecular formula is C10H10N2O2. The normalized spacial score (nSPS) is 8.93. The van der Waals surface area contributed by atoms with Crippen molar-refractivity contribution in [1.29, 1.82) is 0 Å². The first-order chi connectivity index (χ1) is 6.74. The van der Waals surface area contributed by atoms with E-state index in [0.29, 0.717) is 12.1 Å². The Morgan fingerprint density at radius 2 is 2.43 bits per heavy atom. The lowest BCUT2D eigenvalue weighted by molar-refractivity contribution is 0.0696. The first-order valence-corrected chi connectivity index (χ1v) is 4.06. The van der Waals surface area contributed by atoms with E-state index in [4.69, 9.17) is 5.11 Å². The average molecular weight is 190 g/mol. The molecule has 0 radical (unpaired) electrons. The highest BCUT2D eigenvalue weighted by Gasteiger charge is 2.01. The third-order valence-electron chi connectivity index (χ3n) is 1.48. The van der Waals surface area contributed by atoms with Crippen molar-refractivity contribution < 1.29 is 9.90 Å². The fourth-order valence-corrected chi connectivity index (χ4v) is 0.860. The molecule has 2 N–H and O–H groups in total. The van der Waals surface area contributed by atoms with E-state index < -0.39 is 5.97 Å². The monoisotopic (exact) mass is 190 g/mol. The molecule has 1 heterocycles. The molecule has 0 spiro atoms. The second-order valence-electron chi connectivity index (χ2n) is 2.60. The van der Waals surface area contributed by atoms with Crippen LogP contribution >= 0.6 is 0 Å². The number of nitrogens with one attached hydrogen (secondary N) is 1.